The number of carbonyl (C=O) groups excluding carboxylic acids is 1. The van der Waals surface area contributed by atoms with Crippen molar-refractivity contribution in [3.05, 3.63) is 40.9 Å². The minimum Gasteiger partial charge on any atom is -0.348 e. The van der Waals surface area contributed by atoms with Gasteiger partial charge in [-0.05, 0) is 47.5 Å². The second-order valence-electron chi connectivity index (χ2n) is 8.27. The molecule has 4 nitrogen and oxygen atoms in total. The van der Waals surface area contributed by atoms with Crippen molar-refractivity contribution in [2.45, 2.75) is 64.6 Å². The lowest BCUT2D eigenvalue weighted by Crippen LogP contribution is -2.62. The molecule has 0 radical (unpaired) electrons. The third kappa shape index (κ3) is 4.28. The molecule has 1 aliphatic rings. The van der Waals surface area contributed by atoms with Gasteiger partial charge in [-0.3, -0.25) is 4.79 Å². The van der Waals surface area contributed by atoms with E-state index in [9.17, 15) is 4.79 Å². The van der Waals surface area contributed by atoms with Gasteiger partial charge in [-0.15, -0.1) is 11.3 Å². The molecule has 25 heavy (non-hydrogen) atoms. The summed E-state index contributed by atoms with van der Waals surface area (Å²) in [7, 11) is 0. The molecule has 1 fully saturated rings. The molecule has 2 N–H and O–H groups in total. The average Bonchev–Trinajstić information content (AvgIpc) is 2.87. The van der Waals surface area contributed by atoms with Crippen LogP contribution in [0.2, 0.25) is 0 Å². The Kier molecular flexibility index (Phi) is 4.73. The summed E-state index contributed by atoms with van der Waals surface area (Å²) in [5.74, 6) is -0.00400. The summed E-state index contributed by atoms with van der Waals surface area (Å²) in [5.41, 5.74) is 1.88. The second-order valence-corrected chi connectivity index (χ2v) is 9.27. The molecule has 0 aliphatic carbocycles. The summed E-state index contributed by atoms with van der Waals surface area (Å²) >= 11 is 1.47. The van der Waals surface area contributed by atoms with Crippen LogP contribution in [-0.4, -0.2) is 28.0 Å². The van der Waals surface area contributed by atoms with Crippen LogP contribution in [0.1, 0.15) is 55.9 Å². The predicted molar refractivity (Wildman–Crippen MR) is 104 cm³/mol. The number of aryl methyl sites for hydroxylation is 1. The molecule has 1 saturated heterocycles. The van der Waals surface area contributed by atoms with Crippen molar-refractivity contribution in [1.29, 1.82) is 0 Å². The number of piperidine rings is 1. The standard InChI is InChI=1S/C20H27N3OS/c1-13-16(25-18(21-13)14-9-7-6-8-10-14)17(24)22-15-11-19(2,3)23-20(4,5)12-15/h6-10,15,23H,11-12H2,1-5H3,(H,22,24). The zero-order chi connectivity index (χ0) is 18.2. The molecule has 2 aromatic rings. The maximum absolute atomic E-state index is 12.8. The minimum atomic E-state index is -0.00400. The van der Waals surface area contributed by atoms with Gasteiger partial charge in [-0.25, -0.2) is 4.98 Å². The predicted octanol–water partition coefficient (Wildman–Crippen LogP) is 4.16. The molecule has 1 aliphatic heterocycles. The molecule has 0 atom stereocenters. The zero-order valence-electron chi connectivity index (χ0n) is 15.6. The lowest BCUT2D eigenvalue weighted by Gasteiger charge is -2.46. The molecule has 5 heteroatoms. The average molecular weight is 358 g/mol. The number of nitrogens with zero attached hydrogens (tertiary/aromatic N) is 1. The van der Waals surface area contributed by atoms with E-state index in [-0.39, 0.29) is 23.0 Å². The first-order valence-corrected chi connectivity index (χ1v) is 9.60. The number of thiazole rings is 1. The number of aromatic nitrogens is 1. The van der Waals surface area contributed by atoms with Gasteiger partial charge >= 0.3 is 0 Å². The molecule has 3 rings (SSSR count). The minimum absolute atomic E-state index is 0.00400. The van der Waals surface area contributed by atoms with Gasteiger partial charge in [-0.1, -0.05) is 30.3 Å². The third-order valence-corrected chi connectivity index (χ3v) is 5.75. The van der Waals surface area contributed by atoms with E-state index in [0.29, 0.717) is 4.88 Å². The highest BCUT2D eigenvalue weighted by atomic mass is 32.1. The number of hydrogen-bond acceptors (Lipinski definition) is 4. The Hall–Kier alpha value is -1.72. The SMILES string of the molecule is Cc1nc(-c2ccccc2)sc1C(=O)NC1CC(C)(C)NC(C)(C)C1. The highest BCUT2D eigenvalue weighted by Gasteiger charge is 2.38. The molecule has 1 aromatic heterocycles. The summed E-state index contributed by atoms with van der Waals surface area (Å²) in [5, 5.41) is 7.79. The first-order chi connectivity index (χ1) is 11.7. The Labute approximate surface area is 154 Å². The van der Waals surface area contributed by atoms with Crippen LogP contribution in [0.3, 0.4) is 0 Å². The monoisotopic (exact) mass is 357 g/mol. The highest BCUT2D eigenvalue weighted by Crippen LogP contribution is 2.30. The van der Waals surface area contributed by atoms with Crippen LogP contribution in [0.4, 0.5) is 0 Å². The Morgan fingerprint density at radius 3 is 2.36 bits per heavy atom. The van der Waals surface area contributed by atoms with E-state index < -0.39 is 0 Å². The van der Waals surface area contributed by atoms with Gasteiger partial charge in [0, 0.05) is 22.7 Å². The van der Waals surface area contributed by atoms with E-state index in [4.69, 9.17) is 0 Å². The van der Waals surface area contributed by atoms with Crippen molar-refractivity contribution >= 4 is 17.2 Å². The molecule has 0 bridgehead atoms. The van der Waals surface area contributed by atoms with Crippen molar-refractivity contribution in [3.8, 4) is 10.6 Å². The molecule has 0 spiro atoms. The molecular weight excluding hydrogens is 330 g/mol. The third-order valence-electron chi connectivity index (χ3n) is 4.55. The normalized spacial score (nSPS) is 19.6. The number of benzene rings is 1. The fraction of sp³-hybridized carbons (Fsp3) is 0.500. The van der Waals surface area contributed by atoms with Crippen molar-refractivity contribution in [2.24, 2.45) is 0 Å². The van der Waals surface area contributed by atoms with E-state index in [1.54, 1.807) is 0 Å². The summed E-state index contributed by atoms with van der Waals surface area (Å²) < 4.78 is 0. The van der Waals surface area contributed by atoms with Gasteiger partial charge in [-0.2, -0.15) is 0 Å². The Bertz CT molecular complexity index is 749. The van der Waals surface area contributed by atoms with Gasteiger partial charge in [0.05, 0.1) is 5.69 Å². The molecule has 134 valence electrons. The van der Waals surface area contributed by atoms with E-state index in [1.165, 1.54) is 11.3 Å². The highest BCUT2D eigenvalue weighted by molar-refractivity contribution is 7.17. The van der Waals surface area contributed by atoms with Crippen LogP contribution in [0.5, 0.6) is 0 Å². The molecule has 1 aromatic carbocycles. The van der Waals surface area contributed by atoms with Crippen LogP contribution in [0.15, 0.2) is 30.3 Å². The van der Waals surface area contributed by atoms with Gasteiger partial charge in [0.25, 0.3) is 5.91 Å². The quantitative estimate of drug-likeness (QED) is 0.867. The maximum Gasteiger partial charge on any atom is 0.263 e. The topological polar surface area (TPSA) is 54.0 Å². The van der Waals surface area contributed by atoms with Crippen LogP contribution < -0.4 is 10.6 Å². The van der Waals surface area contributed by atoms with Gasteiger partial charge in [0.2, 0.25) is 0 Å². The Morgan fingerprint density at radius 2 is 1.76 bits per heavy atom. The summed E-state index contributed by atoms with van der Waals surface area (Å²) in [6.07, 6.45) is 1.84. The number of amides is 1. The Balaban J connectivity index is 1.77. The van der Waals surface area contributed by atoms with Crippen molar-refractivity contribution < 1.29 is 4.79 Å². The first-order valence-electron chi connectivity index (χ1n) is 8.78. The first kappa shape index (κ1) is 18.1. The fourth-order valence-corrected chi connectivity index (χ4v) is 4.96. The lowest BCUT2D eigenvalue weighted by molar-refractivity contribution is 0.0876. The Morgan fingerprint density at radius 1 is 1.16 bits per heavy atom. The number of hydrogen-bond donors (Lipinski definition) is 2. The maximum atomic E-state index is 12.8. The van der Waals surface area contributed by atoms with Gasteiger partial charge in [0.15, 0.2) is 0 Å². The molecule has 1 amide bonds. The lowest BCUT2D eigenvalue weighted by atomic mass is 9.79. The molecule has 2 heterocycles. The van der Waals surface area contributed by atoms with Crippen LogP contribution in [0.25, 0.3) is 10.6 Å². The van der Waals surface area contributed by atoms with Crippen LogP contribution >= 0.6 is 11.3 Å². The van der Waals surface area contributed by atoms with E-state index in [2.05, 4.69) is 43.3 Å². The largest absolute Gasteiger partial charge is 0.348 e. The molecule has 0 unspecified atom stereocenters. The molecular formula is C20H27N3OS. The van der Waals surface area contributed by atoms with E-state index in [0.717, 1.165) is 29.1 Å². The number of carbonyl (C=O) groups is 1. The molecule has 0 saturated carbocycles. The van der Waals surface area contributed by atoms with Crippen LogP contribution in [-0.2, 0) is 0 Å². The van der Waals surface area contributed by atoms with E-state index >= 15 is 0 Å². The summed E-state index contributed by atoms with van der Waals surface area (Å²) in [4.78, 5) is 18.2. The van der Waals surface area contributed by atoms with Gasteiger partial charge in [0.1, 0.15) is 9.88 Å². The van der Waals surface area contributed by atoms with Crippen molar-refractivity contribution in [3.63, 3.8) is 0 Å². The van der Waals surface area contributed by atoms with Gasteiger partial charge < -0.3 is 10.6 Å². The smallest absolute Gasteiger partial charge is 0.263 e. The van der Waals surface area contributed by atoms with Crippen molar-refractivity contribution in [1.82, 2.24) is 15.6 Å². The zero-order valence-corrected chi connectivity index (χ0v) is 16.5. The fourth-order valence-electron chi connectivity index (χ4n) is 3.99. The van der Waals surface area contributed by atoms with E-state index in [1.807, 2.05) is 37.3 Å². The van der Waals surface area contributed by atoms with Crippen molar-refractivity contribution in [2.75, 3.05) is 0 Å². The number of nitrogens with one attached hydrogen (secondary N) is 2. The second kappa shape index (κ2) is 6.54. The van der Waals surface area contributed by atoms with Crippen LogP contribution in [0, 0.1) is 6.92 Å². The summed E-state index contributed by atoms with van der Waals surface area (Å²) in [6, 6.07) is 10.2. The number of rotatable bonds is 3. The summed E-state index contributed by atoms with van der Waals surface area (Å²) in [6.45, 7) is 10.7.